The molecule has 0 unspecified atom stereocenters. The monoisotopic (exact) mass is 482 g/mol. The molecule has 0 radical (unpaired) electrons. The highest BCUT2D eigenvalue weighted by molar-refractivity contribution is 7.89. The Morgan fingerprint density at radius 3 is 2.71 bits per heavy atom. The number of amides is 1. The normalized spacial score (nSPS) is 12.0. The maximum absolute atomic E-state index is 12.9. The number of nitrogens with zero attached hydrogens (tertiary/aromatic N) is 2. The van der Waals surface area contributed by atoms with Crippen molar-refractivity contribution in [2.24, 2.45) is 0 Å². The van der Waals surface area contributed by atoms with E-state index >= 15 is 0 Å². The molecule has 0 saturated heterocycles. The van der Waals surface area contributed by atoms with E-state index in [1.165, 1.54) is 25.1 Å². The summed E-state index contributed by atoms with van der Waals surface area (Å²) in [5.41, 5.74) is 2.09. The van der Waals surface area contributed by atoms with Crippen molar-refractivity contribution in [2.45, 2.75) is 30.7 Å². The summed E-state index contributed by atoms with van der Waals surface area (Å²) in [5, 5.41) is 21.5. The number of nitrogens with one attached hydrogen (secondary N) is 2. The summed E-state index contributed by atoms with van der Waals surface area (Å²) in [6, 6.07) is 13.5. The van der Waals surface area contributed by atoms with E-state index in [1.54, 1.807) is 12.3 Å². The Kier molecular flexibility index (Phi) is 7.78. The number of carboxylic acids is 1. The number of nitriles is 1. The molecule has 0 aliphatic heterocycles. The second kappa shape index (κ2) is 10.7. The first kappa shape index (κ1) is 24.6. The van der Waals surface area contributed by atoms with Crippen LogP contribution in [0.1, 0.15) is 18.9 Å². The summed E-state index contributed by atoms with van der Waals surface area (Å²) < 4.78 is 33.7. The number of carbonyl (C=O) groups excluding carboxylic acids is 1. The molecule has 0 aliphatic rings. The molecule has 34 heavy (non-hydrogen) atoms. The fourth-order valence-corrected chi connectivity index (χ4v) is 4.59. The van der Waals surface area contributed by atoms with Gasteiger partial charge >= 0.3 is 5.97 Å². The number of hydrogen-bond acceptors (Lipinski definition) is 7. The lowest BCUT2D eigenvalue weighted by atomic mass is 10.1. The number of aromatic nitrogens is 1. The van der Waals surface area contributed by atoms with Crippen LogP contribution in [0.25, 0.3) is 10.9 Å². The fourth-order valence-electron chi connectivity index (χ4n) is 3.32. The molecule has 1 heterocycles. The predicted molar refractivity (Wildman–Crippen MR) is 124 cm³/mol. The molecule has 10 nitrogen and oxygen atoms in total. The third-order valence-corrected chi connectivity index (χ3v) is 6.26. The first-order valence-corrected chi connectivity index (χ1v) is 11.7. The topological polar surface area (TPSA) is 158 Å². The molecular formula is C23H22N4O6S. The smallest absolute Gasteiger partial charge is 0.306 e. The second-order valence-corrected chi connectivity index (χ2v) is 9.01. The number of hydrogen-bond donors (Lipinski definition) is 3. The molecule has 1 atom stereocenters. The molecule has 0 bridgehead atoms. The van der Waals surface area contributed by atoms with E-state index in [9.17, 15) is 18.0 Å². The minimum atomic E-state index is -4.31. The van der Waals surface area contributed by atoms with Gasteiger partial charge in [0.25, 0.3) is 0 Å². The van der Waals surface area contributed by atoms with Crippen LogP contribution < -0.4 is 14.8 Å². The highest BCUT2D eigenvalue weighted by Gasteiger charge is 2.25. The SMILES string of the molecule is CC(=O)Nc1ccc(S(=O)(=O)N[C@@H](C#N)CC(=O)O)c(OCCc2cccc3ncccc23)c1. The van der Waals surface area contributed by atoms with Gasteiger partial charge in [-0.25, -0.2) is 8.42 Å². The average Bonchev–Trinajstić information content (AvgIpc) is 2.78. The van der Waals surface area contributed by atoms with E-state index in [0.717, 1.165) is 16.5 Å². The first-order valence-electron chi connectivity index (χ1n) is 10.2. The zero-order valence-electron chi connectivity index (χ0n) is 18.2. The van der Waals surface area contributed by atoms with Crippen LogP contribution in [0.4, 0.5) is 5.69 Å². The predicted octanol–water partition coefficient (Wildman–Crippen LogP) is 2.46. The van der Waals surface area contributed by atoms with Gasteiger partial charge in [-0.2, -0.15) is 9.98 Å². The second-order valence-electron chi connectivity index (χ2n) is 7.33. The Hall–Kier alpha value is -4.01. The summed E-state index contributed by atoms with van der Waals surface area (Å²) >= 11 is 0. The van der Waals surface area contributed by atoms with Crippen molar-refractivity contribution in [3.8, 4) is 11.8 Å². The van der Waals surface area contributed by atoms with Gasteiger partial charge in [0, 0.05) is 36.7 Å². The van der Waals surface area contributed by atoms with E-state index in [0.29, 0.717) is 12.1 Å². The van der Waals surface area contributed by atoms with E-state index in [1.807, 2.05) is 30.3 Å². The third-order valence-electron chi connectivity index (χ3n) is 4.75. The summed E-state index contributed by atoms with van der Waals surface area (Å²) in [4.78, 5) is 26.4. The molecule has 176 valence electrons. The number of fused-ring (bicyclic) bond motifs is 1. The molecule has 0 saturated carbocycles. The molecule has 3 aromatic rings. The number of aliphatic carboxylic acids is 1. The largest absolute Gasteiger partial charge is 0.492 e. The van der Waals surface area contributed by atoms with Crippen molar-refractivity contribution in [3.63, 3.8) is 0 Å². The fraction of sp³-hybridized carbons (Fsp3) is 0.217. The standard InChI is InChI=1S/C23H22N4O6S/c1-15(28)26-17-7-8-22(34(31,32)27-18(14-24)13-23(29)30)21(12-17)33-11-9-16-4-2-6-20-19(16)5-3-10-25-20/h2-8,10,12,18,27H,9,11,13H2,1H3,(H,26,28)(H,29,30)/t18-/m1/s1. The van der Waals surface area contributed by atoms with Gasteiger partial charge in [0.15, 0.2) is 0 Å². The summed E-state index contributed by atoms with van der Waals surface area (Å²) in [5.74, 6) is -1.73. The number of carboxylic acid groups (broad SMARTS) is 1. The lowest BCUT2D eigenvalue weighted by Crippen LogP contribution is -2.35. The number of benzene rings is 2. The quantitative estimate of drug-likeness (QED) is 0.397. The lowest BCUT2D eigenvalue weighted by molar-refractivity contribution is -0.137. The molecule has 1 amide bonds. The molecule has 11 heteroatoms. The van der Waals surface area contributed by atoms with E-state index in [2.05, 4.69) is 15.0 Å². The summed E-state index contributed by atoms with van der Waals surface area (Å²) in [7, 11) is -4.31. The van der Waals surface area contributed by atoms with Gasteiger partial charge in [-0.3, -0.25) is 14.6 Å². The van der Waals surface area contributed by atoms with Crippen LogP contribution >= 0.6 is 0 Å². The van der Waals surface area contributed by atoms with Crippen LogP contribution in [-0.4, -0.2) is 43.0 Å². The van der Waals surface area contributed by atoms with Gasteiger partial charge in [-0.05, 0) is 29.8 Å². The lowest BCUT2D eigenvalue weighted by Gasteiger charge is -2.16. The van der Waals surface area contributed by atoms with Crippen molar-refractivity contribution < 1.29 is 27.9 Å². The molecule has 0 spiro atoms. The van der Waals surface area contributed by atoms with Crippen LogP contribution in [0, 0.1) is 11.3 Å². The van der Waals surface area contributed by atoms with Crippen LogP contribution in [0.3, 0.4) is 0 Å². The summed E-state index contributed by atoms with van der Waals surface area (Å²) in [6.45, 7) is 1.42. The van der Waals surface area contributed by atoms with Gasteiger partial charge in [0.05, 0.1) is 24.6 Å². The Bertz CT molecular complexity index is 1360. The maximum atomic E-state index is 12.9. The van der Waals surface area contributed by atoms with E-state index in [4.69, 9.17) is 15.1 Å². The Labute approximate surface area is 196 Å². The molecule has 0 fully saturated rings. The van der Waals surface area contributed by atoms with Gasteiger partial charge in [0.1, 0.15) is 16.7 Å². The van der Waals surface area contributed by atoms with Crippen molar-refractivity contribution >= 4 is 38.5 Å². The minimum absolute atomic E-state index is 0.0517. The average molecular weight is 483 g/mol. The van der Waals surface area contributed by atoms with Crippen LogP contribution in [-0.2, 0) is 26.0 Å². The van der Waals surface area contributed by atoms with Gasteiger partial charge < -0.3 is 15.2 Å². The van der Waals surface area contributed by atoms with Gasteiger partial charge in [0.2, 0.25) is 15.9 Å². The zero-order chi connectivity index (χ0) is 24.7. The molecule has 3 rings (SSSR count). The van der Waals surface area contributed by atoms with Crippen molar-refractivity contribution in [1.29, 1.82) is 5.26 Å². The molecular weight excluding hydrogens is 460 g/mol. The number of sulfonamides is 1. The highest BCUT2D eigenvalue weighted by Crippen LogP contribution is 2.28. The van der Waals surface area contributed by atoms with Crippen molar-refractivity contribution in [2.75, 3.05) is 11.9 Å². The number of rotatable bonds is 10. The van der Waals surface area contributed by atoms with Gasteiger partial charge in [-0.1, -0.05) is 18.2 Å². The zero-order valence-corrected chi connectivity index (χ0v) is 19.0. The maximum Gasteiger partial charge on any atom is 0.306 e. The Balaban J connectivity index is 1.87. The number of pyridine rings is 1. The highest BCUT2D eigenvalue weighted by atomic mass is 32.2. The molecule has 1 aromatic heterocycles. The molecule has 3 N–H and O–H groups in total. The van der Waals surface area contributed by atoms with Gasteiger partial charge in [-0.15, -0.1) is 0 Å². The van der Waals surface area contributed by atoms with Crippen molar-refractivity contribution in [1.82, 2.24) is 9.71 Å². The third kappa shape index (κ3) is 6.28. The Morgan fingerprint density at radius 1 is 1.21 bits per heavy atom. The number of ether oxygens (including phenoxy) is 1. The number of carbonyl (C=O) groups is 2. The van der Waals surface area contributed by atoms with Crippen molar-refractivity contribution in [3.05, 3.63) is 60.3 Å². The van der Waals surface area contributed by atoms with E-state index < -0.39 is 28.5 Å². The van der Waals surface area contributed by atoms with Crippen LogP contribution in [0.2, 0.25) is 0 Å². The van der Waals surface area contributed by atoms with E-state index in [-0.39, 0.29) is 23.2 Å². The minimum Gasteiger partial charge on any atom is -0.492 e. The molecule has 0 aliphatic carbocycles. The number of anilines is 1. The molecule has 2 aromatic carbocycles. The van der Waals surface area contributed by atoms with Crippen LogP contribution in [0.15, 0.2) is 59.6 Å². The first-order chi connectivity index (χ1) is 16.2. The Morgan fingerprint density at radius 2 is 2.00 bits per heavy atom. The van der Waals surface area contributed by atoms with Crippen LogP contribution in [0.5, 0.6) is 5.75 Å². The summed E-state index contributed by atoms with van der Waals surface area (Å²) in [6.07, 6.45) is 1.43.